The van der Waals surface area contributed by atoms with Crippen LogP contribution < -0.4 is 5.32 Å². The molecule has 0 aromatic rings. The highest BCUT2D eigenvalue weighted by Gasteiger charge is 1.99. The van der Waals surface area contributed by atoms with Gasteiger partial charge in [-0.1, -0.05) is 57.2 Å². The van der Waals surface area contributed by atoms with Crippen LogP contribution in [0.5, 0.6) is 0 Å². The van der Waals surface area contributed by atoms with Crippen LogP contribution in [0.15, 0.2) is 17.9 Å². The van der Waals surface area contributed by atoms with Gasteiger partial charge in [-0.25, -0.2) is 0 Å². The van der Waals surface area contributed by atoms with Gasteiger partial charge in [0.25, 0.3) is 0 Å². The van der Waals surface area contributed by atoms with Crippen LogP contribution in [0.1, 0.15) is 71.6 Å². The first-order valence-corrected chi connectivity index (χ1v) is 9.44. The second-order valence-electron chi connectivity index (χ2n) is 5.39. The molecule has 0 unspecified atom stereocenters. The summed E-state index contributed by atoms with van der Waals surface area (Å²) in [5, 5.41) is 2.80. The van der Waals surface area contributed by atoms with Gasteiger partial charge in [-0.3, -0.25) is 9.59 Å². The zero-order valence-electron chi connectivity index (χ0n) is 14.2. The molecule has 22 heavy (non-hydrogen) atoms. The van der Waals surface area contributed by atoms with Gasteiger partial charge >= 0.3 is 0 Å². The lowest BCUT2D eigenvalue weighted by molar-refractivity contribution is -0.118. The summed E-state index contributed by atoms with van der Waals surface area (Å²) in [6, 6.07) is 0. The van der Waals surface area contributed by atoms with Gasteiger partial charge in [0.05, 0.1) is 0 Å². The molecule has 126 valence electrons. The van der Waals surface area contributed by atoms with Crippen LogP contribution in [-0.2, 0) is 9.59 Å². The fourth-order valence-corrected chi connectivity index (χ4v) is 2.60. The van der Waals surface area contributed by atoms with Crippen LogP contribution in [0.4, 0.5) is 0 Å². The van der Waals surface area contributed by atoms with E-state index in [4.69, 9.17) is 0 Å². The number of allylic oxidation sites excluding steroid dienone is 1. The maximum Gasteiger partial charge on any atom is 0.216 e. The van der Waals surface area contributed by atoms with Crippen molar-refractivity contribution in [3.05, 3.63) is 17.9 Å². The molecule has 0 aromatic heterocycles. The lowest BCUT2D eigenvalue weighted by Crippen LogP contribution is -2.22. The molecule has 0 aliphatic rings. The SMILES string of the molecule is CCCCCCCCCC=C=CCC(=O)SCCNC(C)=O. The number of carbonyl (C=O) groups is 2. The summed E-state index contributed by atoms with van der Waals surface area (Å²) in [5.41, 5.74) is 3.08. The van der Waals surface area contributed by atoms with E-state index in [1.165, 1.54) is 63.6 Å². The van der Waals surface area contributed by atoms with Gasteiger partial charge in [0.1, 0.15) is 0 Å². The number of hydrogen-bond donors (Lipinski definition) is 1. The van der Waals surface area contributed by atoms with Gasteiger partial charge in [-0.15, -0.1) is 5.73 Å². The molecular weight excluding hydrogens is 294 g/mol. The number of rotatable bonds is 13. The molecule has 1 amide bonds. The molecule has 0 radical (unpaired) electrons. The Balaban J connectivity index is 3.43. The molecule has 4 heteroatoms. The van der Waals surface area contributed by atoms with E-state index in [-0.39, 0.29) is 11.0 Å². The van der Waals surface area contributed by atoms with Crippen molar-refractivity contribution in [3.63, 3.8) is 0 Å². The maximum atomic E-state index is 11.5. The van der Waals surface area contributed by atoms with E-state index in [0.29, 0.717) is 18.7 Å². The predicted molar refractivity (Wildman–Crippen MR) is 96.0 cm³/mol. The van der Waals surface area contributed by atoms with Crippen LogP contribution in [0.25, 0.3) is 0 Å². The molecule has 0 atom stereocenters. The minimum absolute atomic E-state index is 0.0544. The van der Waals surface area contributed by atoms with Crippen LogP contribution in [0.3, 0.4) is 0 Å². The fourth-order valence-electron chi connectivity index (χ4n) is 1.96. The second kappa shape index (κ2) is 16.4. The Morgan fingerprint density at radius 3 is 2.41 bits per heavy atom. The van der Waals surface area contributed by atoms with Crippen molar-refractivity contribution in [1.82, 2.24) is 5.32 Å². The molecule has 0 fully saturated rings. The van der Waals surface area contributed by atoms with Crippen LogP contribution in [-0.4, -0.2) is 23.3 Å². The number of hydrogen-bond acceptors (Lipinski definition) is 3. The van der Waals surface area contributed by atoms with Gasteiger partial charge in [-0.2, -0.15) is 0 Å². The van der Waals surface area contributed by atoms with E-state index >= 15 is 0 Å². The van der Waals surface area contributed by atoms with E-state index in [1.54, 1.807) is 6.08 Å². The Morgan fingerprint density at radius 2 is 1.73 bits per heavy atom. The molecule has 0 saturated carbocycles. The average molecular weight is 326 g/mol. The third-order valence-electron chi connectivity index (χ3n) is 3.20. The quantitative estimate of drug-likeness (QED) is 0.397. The van der Waals surface area contributed by atoms with E-state index in [0.717, 1.165) is 6.42 Å². The van der Waals surface area contributed by atoms with Crippen molar-refractivity contribution in [1.29, 1.82) is 0 Å². The van der Waals surface area contributed by atoms with Gasteiger partial charge in [0.15, 0.2) is 5.12 Å². The van der Waals surface area contributed by atoms with Crippen molar-refractivity contribution >= 4 is 22.8 Å². The Labute approximate surface area is 140 Å². The largest absolute Gasteiger partial charge is 0.356 e. The van der Waals surface area contributed by atoms with Crippen molar-refractivity contribution < 1.29 is 9.59 Å². The smallest absolute Gasteiger partial charge is 0.216 e. The Kier molecular flexibility index (Phi) is 15.6. The molecule has 0 rings (SSSR count). The molecule has 0 spiro atoms. The minimum atomic E-state index is -0.0544. The number of unbranched alkanes of at least 4 members (excludes halogenated alkanes) is 7. The molecular formula is C18H31NO2S. The first-order valence-electron chi connectivity index (χ1n) is 8.46. The molecule has 0 saturated heterocycles. The zero-order chi connectivity index (χ0) is 16.5. The number of nitrogens with one attached hydrogen (secondary N) is 1. The van der Waals surface area contributed by atoms with E-state index in [1.807, 2.05) is 6.08 Å². The number of carbonyl (C=O) groups excluding carboxylic acids is 2. The van der Waals surface area contributed by atoms with Gasteiger partial charge in [0.2, 0.25) is 5.91 Å². The summed E-state index contributed by atoms with van der Waals surface area (Å²) in [6.45, 7) is 4.26. The third-order valence-corrected chi connectivity index (χ3v) is 4.09. The predicted octanol–water partition coefficient (Wildman–Crippen LogP) is 4.62. The Morgan fingerprint density at radius 1 is 1.05 bits per heavy atom. The normalized spacial score (nSPS) is 9.91. The highest BCUT2D eigenvalue weighted by Crippen LogP contribution is 2.08. The van der Waals surface area contributed by atoms with Crippen molar-refractivity contribution in [2.24, 2.45) is 0 Å². The first-order chi connectivity index (χ1) is 10.7. The van der Waals surface area contributed by atoms with Crippen molar-refractivity contribution in [2.45, 2.75) is 71.6 Å². The summed E-state index contributed by atoms with van der Waals surface area (Å²) in [4.78, 5) is 22.2. The summed E-state index contributed by atoms with van der Waals surface area (Å²) in [6.07, 6.45) is 14.5. The minimum Gasteiger partial charge on any atom is -0.356 e. The van der Waals surface area contributed by atoms with Crippen LogP contribution in [0.2, 0.25) is 0 Å². The average Bonchev–Trinajstić information content (AvgIpc) is 2.49. The molecule has 0 aliphatic heterocycles. The maximum absolute atomic E-state index is 11.5. The summed E-state index contributed by atoms with van der Waals surface area (Å²) in [5.74, 6) is 0.579. The molecule has 1 N–H and O–H groups in total. The zero-order valence-corrected chi connectivity index (χ0v) is 15.0. The first kappa shape index (κ1) is 21.0. The number of thioether (sulfide) groups is 1. The van der Waals surface area contributed by atoms with Gasteiger partial charge in [-0.05, 0) is 25.0 Å². The van der Waals surface area contributed by atoms with Gasteiger partial charge in [0, 0.05) is 25.6 Å². The van der Waals surface area contributed by atoms with Crippen molar-refractivity contribution in [2.75, 3.05) is 12.3 Å². The summed E-state index contributed by atoms with van der Waals surface area (Å²) >= 11 is 1.26. The van der Waals surface area contributed by atoms with Crippen molar-refractivity contribution in [3.8, 4) is 0 Å². The highest BCUT2D eigenvalue weighted by atomic mass is 32.2. The van der Waals surface area contributed by atoms with E-state index in [9.17, 15) is 9.59 Å². The molecule has 0 aliphatic carbocycles. The number of amides is 1. The lowest BCUT2D eigenvalue weighted by atomic mass is 10.1. The molecule has 0 aromatic carbocycles. The highest BCUT2D eigenvalue weighted by molar-refractivity contribution is 8.13. The molecule has 3 nitrogen and oxygen atoms in total. The monoisotopic (exact) mass is 325 g/mol. The second-order valence-corrected chi connectivity index (χ2v) is 6.54. The fraction of sp³-hybridized carbons (Fsp3) is 0.722. The Hall–Kier alpha value is -0.990. The molecule has 0 heterocycles. The Bertz CT molecular complexity index is 360. The topological polar surface area (TPSA) is 46.2 Å². The van der Waals surface area contributed by atoms with E-state index in [2.05, 4.69) is 18.0 Å². The molecule has 0 bridgehead atoms. The van der Waals surface area contributed by atoms with Crippen LogP contribution in [0, 0.1) is 0 Å². The van der Waals surface area contributed by atoms with Gasteiger partial charge < -0.3 is 5.32 Å². The summed E-state index contributed by atoms with van der Waals surface area (Å²) in [7, 11) is 0. The van der Waals surface area contributed by atoms with E-state index < -0.39 is 0 Å². The summed E-state index contributed by atoms with van der Waals surface area (Å²) < 4.78 is 0. The standard InChI is InChI=1S/C18H31NO2S/c1-3-4-5-6-7-8-9-10-11-12-13-14-18(21)22-16-15-19-17(2)20/h11,13H,3-10,14-16H2,1-2H3,(H,19,20). The lowest BCUT2D eigenvalue weighted by Gasteiger charge is -1.99. The third kappa shape index (κ3) is 17.1. The van der Waals surface area contributed by atoms with Crippen LogP contribution >= 0.6 is 11.8 Å².